The molecule has 2 heterocycles. The number of hydrogen-bond donors (Lipinski definition) is 1. The zero-order valence-electron chi connectivity index (χ0n) is 11.5. The van der Waals surface area contributed by atoms with Crippen molar-refractivity contribution in [2.24, 2.45) is 0 Å². The number of furan rings is 1. The van der Waals surface area contributed by atoms with Gasteiger partial charge in [0.05, 0.1) is 13.2 Å². The minimum atomic E-state index is 0.837. The smallest absolute Gasteiger partial charge is 0.118 e. The summed E-state index contributed by atoms with van der Waals surface area (Å²) in [5, 5.41) is 3.34. The third-order valence-electron chi connectivity index (χ3n) is 3.33. The van der Waals surface area contributed by atoms with Crippen molar-refractivity contribution in [1.29, 1.82) is 0 Å². The summed E-state index contributed by atoms with van der Waals surface area (Å²) in [4.78, 5) is 2.41. The average molecular weight is 252 g/mol. The largest absolute Gasteiger partial charge is 0.465 e. The Labute approximate surface area is 109 Å². The Hall–Kier alpha value is -0.840. The molecule has 0 spiro atoms. The van der Waals surface area contributed by atoms with Crippen molar-refractivity contribution in [2.45, 2.75) is 33.4 Å². The van der Waals surface area contributed by atoms with Gasteiger partial charge in [-0.05, 0) is 26.0 Å². The summed E-state index contributed by atoms with van der Waals surface area (Å²) in [7, 11) is 0. The molecule has 0 aliphatic carbocycles. The summed E-state index contributed by atoms with van der Waals surface area (Å²) in [6, 6.07) is 2.18. The highest BCUT2D eigenvalue weighted by atomic mass is 16.5. The molecule has 102 valence electrons. The molecule has 0 bridgehead atoms. The Kier molecular flexibility index (Phi) is 5.23. The molecule has 0 amide bonds. The fraction of sp³-hybridized carbons (Fsp3) is 0.714. The predicted molar refractivity (Wildman–Crippen MR) is 71.5 cm³/mol. The number of rotatable bonds is 5. The van der Waals surface area contributed by atoms with E-state index in [0.29, 0.717) is 0 Å². The third-order valence-corrected chi connectivity index (χ3v) is 3.33. The molecule has 1 saturated heterocycles. The van der Waals surface area contributed by atoms with Crippen LogP contribution in [-0.2, 0) is 17.8 Å². The third kappa shape index (κ3) is 3.83. The summed E-state index contributed by atoms with van der Waals surface area (Å²) < 4.78 is 11.3. The SMILES string of the molecule is CCNCc1cc(CN2CCCOCC2)oc1C. The number of ether oxygens (including phenoxy) is 1. The van der Waals surface area contributed by atoms with E-state index >= 15 is 0 Å². The van der Waals surface area contributed by atoms with Crippen LogP contribution in [0.15, 0.2) is 10.5 Å². The van der Waals surface area contributed by atoms with Crippen molar-refractivity contribution >= 4 is 0 Å². The van der Waals surface area contributed by atoms with Crippen LogP contribution in [0.4, 0.5) is 0 Å². The van der Waals surface area contributed by atoms with Crippen molar-refractivity contribution in [3.8, 4) is 0 Å². The zero-order valence-corrected chi connectivity index (χ0v) is 11.5. The Morgan fingerprint density at radius 1 is 1.33 bits per heavy atom. The van der Waals surface area contributed by atoms with E-state index in [1.165, 1.54) is 5.56 Å². The van der Waals surface area contributed by atoms with Crippen LogP contribution in [0.3, 0.4) is 0 Å². The lowest BCUT2D eigenvalue weighted by Gasteiger charge is -2.16. The number of nitrogens with one attached hydrogen (secondary N) is 1. The number of nitrogens with zero attached hydrogens (tertiary/aromatic N) is 1. The Bertz CT molecular complexity index is 355. The van der Waals surface area contributed by atoms with Crippen LogP contribution in [0.25, 0.3) is 0 Å². The average Bonchev–Trinajstić information content (AvgIpc) is 2.56. The molecular weight excluding hydrogens is 228 g/mol. The van der Waals surface area contributed by atoms with Gasteiger partial charge in [-0.3, -0.25) is 4.90 Å². The summed E-state index contributed by atoms with van der Waals surface area (Å²) in [5.41, 5.74) is 1.28. The molecule has 1 fully saturated rings. The van der Waals surface area contributed by atoms with Gasteiger partial charge >= 0.3 is 0 Å². The van der Waals surface area contributed by atoms with E-state index in [0.717, 1.165) is 63.9 Å². The van der Waals surface area contributed by atoms with Crippen LogP contribution in [0, 0.1) is 6.92 Å². The molecule has 1 N–H and O–H groups in total. The zero-order chi connectivity index (χ0) is 12.8. The van der Waals surface area contributed by atoms with E-state index in [2.05, 4.69) is 23.2 Å². The molecule has 18 heavy (non-hydrogen) atoms. The highest BCUT2D eigenvalue weighted by Crippen LogP contribution is 2.17. The van der Waals surface area contributed by atoms with E-state index in [1.54, 1.807) is 0 Å². The van der Waals surface area contributed by atoms with Gasteiger partial charge in [0.25, 0.3) is 0 Å². The van der Waals surface area contributed by atoms with E-state index in [9.17, 15) is 0 Å². The highest BCUT2D eigenvalue weighted by Gasteiger charge is 2.13. The number of hydrogen-bond acceptors (Lipinski definition) is 4. The van der Waals surface area contributed by atoms with Crippen LogP contribution in [0.5, 0.6) is 0 Å². The Balaban J connectivity index is 1.91. The number of aryl methyl sites for hydroxylation is 1. The van der Waals surface area contributed by atoms with Gasteiger partial charge in [-0.2, -0.15) is 0 Å². The van der Waals surface area contributed by atoms with Gasteiger partial charge in [0, 0.05) is 31.8 Å². The molecule has 0 unspecified atom stereocenters. The summed E-state index contributed by atoms with van der Waals surface area (Å²) in [6.07, 6.45) is 1.12. The van der Waals surface area contributed by atoms with Crippen molar-refractivity contribution in [1.82, 2.24) is 10.2 Å². The standard InChI is InChI=1S/C14H24N2O2/c1-3-15-10-13-9-14(18-12(13)2)11-16-5-4-7-17-8-6-16/h9,15H,3-8,10-11H2,1-2H3. The minimum Gasteiger partial charge on any atom is -0.465 e. The molecule has 1 aromatic heterocycles. The van der Waals surface area contributed by atoms with Crippen LogP contribution >= 0.6 is 0 Å². The molecular formula is C14H24N2O2. The molecule has 4 heteroatoms. The molecule has 1 aromatic rings. The Morgan fingerprint density at radius 2 is 2.22 bits per heavy atom. The summed E-state index contributed by atoms with van der Waals surface area (Å²) >= 11 is 0. The van der Waals surface area contributed by atoms with Crippen molar-refractivity contribution < 1.29 is 9.15 Å². The first-order valence-electron chi connectivity index (χ1n) is 6.88. The lowest BCUT2D eigenvalue weighted by Crippen LogP contribution is -2.25. The first-order valence-corrected chi connectivity index (χ1v) is 6.88. The maximum Gasteiger partial charge on any atom is 0.118 e. The van der Waals surface area contributed by atoms with Crippen molar-refractivity contribution in [3.63, 3.8) is 0 Å². The van der Waals surface area contributed by atoms with Crippen LogP contribution < -0.4 is 5.32 Å². The summed E-state index contributed by atoms with van der Waals surface area (Å²) in [6.45, 7) is 10.8. The molecule has 1 aliphatic rings. The quantitative estimate of drug-likeness (QED) is 0.869. The van der Waals surface area contributed by atoms with Gasteiger partial charge in [0.15, 0.2) is 0 Å². The van der Waals surface area contributed by atoms with E-state index in [1.807, 2.05) is 6.92 Å². The normalized spacial score (nSPS) is 17.9. The second-order valence-corrected chi connectivity index (χ2v) is 4.82. The molecule has 0 atom stereocenters. The fourth-order valence-corrected chi connectivity index (χ4v) is 2.28. The van der Waals surface area contributed by atoms with Crippen molar-refractivity contribution in [3.05, 3.63) is 23.2 Å². The van der Waals surface area contributed by atoms with Crippen molar-refractivity contribution in [2.75, 3.05) is 32.8 Å². The molecule has 4 nitrogen and oxygen atoms in total. The van der Waals surface area contributed by atoms with Gasteiger partial charge in [0.2, 0.25) is 0 Å². The molecule has 0 saturated carbocycles. The van der Waals surface area contributed by atoms with Gasteiger partial charge < -0.3 is 14.5 Å². The lowest BCUT2D eigenvalue weighted by molar-refractivity contribution is 0.139. The molecule has 2 rings (SSSR count). The Morgan fingerprint density at radius 3 is 3.06 bits per heavy atom. The van der Waals surface area contributed by atoms with Crippen LogP contribution in [-0.4, -0.2) is 37.7 Å². The first-order chi connectivity index (χ1) is 8.79. The molecule has 1 aliphatic heterocycles. The van der Waals surface area contributed by atoms with Gasteiger partial charge in [-0.15, -0.1) is 0 Å². The van der Waals surface area contributed by atoms with E-state index in [-0.39, 0.29) is 0 Å². The first kappa shape index (κ1) is 13.6. The molecule has 0 radical (unpaired) electrons. The van der Waals surface area contributed by atoms with Crippen LogP contribution in [0.1, 0.15) is 30.4 Å². The van der Waals surface area contributed by atoms with E-state index in [4.69, 9.17) is 9.15 Å². The monoisotopic (exact) mass is 252 g/mol. The predicted octanol–water partition coefficient (Wildman–Crippen LogP) is 1.92. The maximum atomic E-state index is 5.83. The van der Waals surface area contributed by atoms with E-state index < -0.39 is 0 Å². The van der Waals surface area contributed by atoms with Gasteiger partial charge in [0.1, 0.15) is 11.5 Å². The van der Waals surface area contributed by atoms with Gasteiger partial charge in [-0.1, -0.05) is 6.92 Å². The lowest BCUT2D eigenvalue weighted by atomic mass is 10.2. The minimum absolute atomic E-state index is 0.837. The summed E-state index contributed by atoms with van der Waals surface area (Å²) in [5.74, 6) is 2.11. The fourth-order valence-electron chi connectivity index (χ4n) is 2.28. The molecule has 0 aromatic carbocycles. The second kappa shape index (κ2) is 6.92. The van der Waals surface area contributed by atoms with Crippen LogP contribution in [0.2, 0.25) is 0 Å². The highest BCUT2D eigenvalue weighted by molar-refractivity contribution is 5.20. The maximum absolute atomic E-state index is 5.83. The second-order valence-electron chi connectivity index (χ2n) is 4.82. The topological polar surface area (TPSA) is 37.6 Å². The van der Waals surface area contributed by atoms with Gasteiger partial charge in [-0.25, -0.2) is 0 Å².